The predicted octanol–water partition coefficient (Wildman–Crippen LogP) is 4.67. The van der Waals surface area contributed by atoms with E-state index in [1.807, 2.05) is 44.2 Å². The molecule has 3 heteroatoms. The minimum Gasteiger partial charge on any atom is -0.457 e. The van der Waals surface area contributed by atoms with Crippen molar-refractivity contribution >= 4 is 22.2 Å². The maximum absolute atomic E-state index is 10.7. The quantitative estimate of drug-likeness (QED) is 0.770. The van der Waals surface area contributed by atoms with Gasteiger partial charge in [0, 0.05) is 10.0 Å². The molecular formula is C15H13BrO2. The number of hydrogen-bond acceptors (Lipinski definition) is 2. The summed E-state index contributed by atoms with van der Waals surface area (Å²) in [6, 6.07) is 11.3. The SMILES string of the molecule is Cc1cc(Br)ccc1Oc1ccc(C=O)cc1C. The van der Waals surface area contributed by atoms with Crippen LogP contribution in [0.25, 0.3) is 0 Å². The van der Waals surface area contributed by atoms with Crippen molar-refractivity contribution in [3.8, 4) is 11.5 Å². The number of carbonyl (C=O) groups is 1. The molecule has 2 aromatic carbocycles. The first-order valence-corrected chi connectivity index (χ1v) is 6.39. The zero-order chi connectivity index (χ0) is 13.1. The summed E-state index contributed by atoms with van der Waals surface area (Å²) in [5, 5.41) is 0. The fourth-order valence-electron chi connectivity index (χ4n) is 1.71. The molecule has 0 aliphatic heterocycles. The van der Waals surface area contributed by atoms with Crippen molar-refractivity contribution in [2.75, 3.05) is 0 Å². The molecule has 0 unspecified atom stereocenters. The van der Waals surface area contributed by atoms with E-state index in [0.717, 1.165) is 33.4 Å². The lowest BCUT2D eigenvalue weighted by Crippen LogP contribution is -1.91. The molecule has 0 N–H and O–H groups in total. The highest BCUT2D eigenvalue weighted by atomic mass is 79.9. The summed E-state index contributed by atoms with van der Waals surface area (Å²) in [7, 11) is 0. The van der Waals surface area contributed by atoms with E-state index in [2.05, 4.69) is 15.9 Å². The second-order valence-corrected chi connectivity index (χ2v) is 5.07. The minimum absolute atomic E-state index is 0.660. The van der Waals surface area contributed by atoms with Crippen molar-refractivity contribution in [2.24, 2.45) is 0 Å². The topological polar surface area (TPSA) is 26.3 Å². The van der Waals surface area contributed by atoms with E-state index in [-0.39, 0.29) is 0 Å². The summed E-state index contributed by atoms with van der Waals surface area (Å²) < 4.78 is 6.89. The molecule has 0 atom stereocenters. The van der Waals surface area contributed by atoms with Gasteiger partial charge in [-0.3, -0.25) is 4.79 Å². The van der Waals surface area contributed by atoms with Crippen molar-refractivity contribution in [1.29, 1.82) is 0 Å². The second kappa shape index (κ2) is 5.36. The van der Waals surface area contributed by atoms with Gasteiger partial charge in [0.2, 0.25) is 0 Å². The average Bonchev–Trinajstić information content (AvgIpc) is 2.34. The Bertz CT molecular complexity index is 591. The molecule has 0 aliphatic carbocycles. The number of halogens is 1. The Morgan fingerprint density at radius 2 is 1.61 bits per heavy atom. The van der Waals surface area contributed by atoms with Gasteiger partial charge in [-0.15, -0.1) is 0 Å². The minimum atomic E-state index is 0.660. The molecule has 92 valence electrons. The normalized spacial score (nSPS) is 10.2. The lowest BCUT2D eigenvalue weighted by molar-refractivity contribution is 0.112. The van der Waals surface area contributed by atoms with E-state index in [0.29, 0.717) is 5.56 Å². The van der Waals surface area contributed by atoms with Crippen molar-refractivity contribution in [2.45, 2.75) is 13.8 Å². The van der Waals surface area contributed by atoms with E-state index in [4.69, 9.17) is 4.74 Å². The van der Waals surface area contributed by atoms with Crippen LogP contribution in [0.2, 0.25) is 0 Å². The Kier molecular flexibility index (Phi) is 3.82. The largest absolute Gasteiger partial charge is 0.457 e. The van der Waals surface area contributed by atoms with Gasteiger partial charge in [-0.25, -0.2) is 0 Å². The van der Waals surface area contributed by atoms with Gasteiger partial charge >= 0.3 is 0 Å². The van der Waals surface area contributed by atoms with Gasteiger partial charge in [0.25, 0.3) is 0 Å². The average molecular weight is 305 g/mol. The van der Waals surface area contributed by atoms with Crippen LogP contribution >= 0.6 is 15.9 Å². The first-order chi connectivity index (χ1) is 8.60. The van der Waals surface area contributed by atoms with Crippen LogP contribution in [0.3, 0.4) is 0 Å². The lowest BCUT2D eigenvalue weighted by atomic mass is 10.1. The highest BCUT2D eigenvalue weighted by molar-refractivity contribution is 9.10. The summed E-state index contributed by atoms with van der Waals surface area (Å²) in [5.74, 6) is 1.59. The number of carbonyl (C=O) groups excluding carboxylic acids is 1. The number of hydrogen-bond donors (Lipinski definition) is 0. The summed E-state index contributed by atoms with van der Waals surface area (Å²) in [6.07, 6.45) is 0.835. The molecule has 2 nitrogen and oxygen atoms in total. The molecule has 0 heterocycles. The Hall–Kier alpha value is -1.61. The van der Waals surface area contributed by atoms with Gasteiger partial charge in [-0.05, 0) is 61.4 Å². The van der Waals surface area contributed by atoms with E-state index in [1.165, 1.54) is 0 Å². The first-order valence-electron chi connectivity index (χ1n) is 5.60. The van der Waals surface area contributed by atoms with Gasteiger partial charge in [-0.2, -0.15) is 0 Å². The molecule has 0 fully saturated rings. The van der Waals surface area contributed by atoms with Crippen molar-refractivity contribution in [3.05, 3.63) is 57.6 Å². The Morgan fingerprint density at radius 1 is 1.00 bits per heavy atom. The molecule has 2 aromatic rings. The molecule has 0 saturated carbocycles. The molecular weight excluding hydrogens is 292 g/mol. The molecule has 0 amide bonds. The number of benzene rings is 2. The molecule has 2 rings (SSSR count). The molecule has 18 heavy (non-hydrogen) atoms. The Labute approximate surface area is 115 Å². The zero-order valence-corrected chi connectivity index (χ0v) is 11.8. The van der Waals surface area contributed by atoms with Crippen LogP contribution in [0.5, 0.6) is 11.5 Å². The monoisotopic (exact) mass is 304 g/mol. The van der Waals surface area contributed by atoms with Gasteiger partial charge in [-0.1, -0.05) is 15.9 Å². The number of ether oxygens (including phenoxy) is 1. The Morgan fingerprint density at radius 3 is 2.17 bits per heavy atom. The molecule has 0 aliphatic rings. The fraction of sp³-hybridized carbons (Fsp3) is 0.133. The lowest BCUT2D eigenvalue weighted by Gasteiger charge is -2.11. The van der Waals surface area contributed by atoms with Crippen LogP contribution in [-0.2, 0) is 0 Å². The third-order valence-corrected chi connectivity index (χ3v) is 3.19. The Balaban J connectivity index is 2.31. The van der Waals surface area contributed by atoms with Gasteiger partial charge < -0.3 is 4.74 Å². The third-order valence-electron chi connectivity index (χ3n) is 2.69. The summed E-state index contributed by atoms with van der Waals surface area (Å²) >= 11 is 3.42. The third kappa shape index (κ3) is 2.79. The van der Waals surface area contributed by atoms with Crippen LogP contribution < -0.4 is 4.74 Å². The number of aryl methyl sites for hydroxylation is 2. The van der Waals surface area contributed by atoms with Gasteiger partial charge in [0.15, 0.2) is 0 Å². The van der Waals surface area contributed by atoms with E-state index in [1.54, 1.807) is 6.07 Å². The smallest absolute Gasteiger partial charge is 0.150 e. The van der Waals surface area contributed by atoms with E-state index in [9.17, 15) is 4.79 Å². The van der Waals surface area contributed by atoms with Crippen LogP contribution in [0.15, 0.2) is 40.9 Å². The standard InChI is InChI=1S/C15H13BrO2/c1-10-7-12(9-17)3-5-14(10)18-15-6-4-13(16)8-11(15)2/h3-9H,1-2H3. The molecule has 0 spiro atoms. The predicted molar refractivity (Wildman–Crippen MR) is 75.5 cm³/mol. The van der Waals surface area contributed by atoms with Crippen LogP contribution in [0.4, 0.5) is 0 Å². The molecule has 0 bridgehead atoms. The van der Waals surface area contributed by atoms with E-state index >= 15 is 0 Å². The van der Waals surface area contributed by atoms with Gasteiger partial charge in [0.1, 0.15) is 17.8 Å². The molecule has 0 radical (unpaired) electrons. The second-order valence-electron chi connectivity index (χ2n) is 4.15. The first kappa shape index (κ1) is 12.8. The van der Waals surface area contributed by atoms with Gasteiger partial charge in [0.05, 0.1) is 0 Å². The zero-order valence-electron chi connectivity index (χ0n) is 10.2. The van der Waals surface area contributed by atoms with Crippen molar-refractivity contribution < 1.29 is 9.53 Å². The summed E-state index contributed by atoms with van der Waals surface area (Å²) in [5.41, 5.74) is 2.66. The summed E-state index contributed by atoms with van der Waals surface area (Å²) in [4.78, 5) is 10.7. The maximum Gasteiger partial charge on any atom is 0.150 e. The van der Waals surface area contributed by atoms with Crippen LogP contribution in [-0.4, -0.2) is 6.29 Å². The van der Waals surface area contributed by atoms with Crippen molar-refractivity contribution in [1.82, 2.24) is 0 Å². The van der Waals surface area contributed by atoms with Crippen LogP contribution in [0.1, 0.15) is 21.5 Å². The van der Waals surface area contributed by atoms with Crippen LogP contribution in [0, 0.1) is 13.8 Å². The van der Waals surface area contributed by atoms with E-state index < -0.39 is 0 Å². The highest BCUT2D eigenvalue weighted by Crippen LogP contribution is 2.29. The highest BCUT2D eigenvalue weighted by Gasteiger charge is 2.05. The molecule has 0 aromatic heterocycles. The molecule has 0 saturated heterocycles. The fourth-order valence-corrected chi connectivity index (χ4v) is 2.18. The number of aldehydes is 1. The number of rotatable bonds is 3. The maximum atomic E-state index is 10.7. The summed E-state index contributed by atoms with van der Waals surface area (Å²) in [6.45, 7) is 3.92. The van der Waals surface area contributed by atoms with Crippen molar-refractivity contribution in [3.63, 3.8) is 0 Å².